The van der Waals surface area contributed by atoms with Crippen molar-refractivity contribution >= 4 is 21.6 Å². The van der Waals surface area contributed by atoms with Gasteiger partial charge in [-0.25, -0.2) is 8.42 Å². The molecule has 6 heteroatoms. The van der Waals surface area contributed by atoms with E-state index in [1.807, 2.05) is 62.4 Å². The topological polar surface area (TPSA) is 66.5 Å². The molecule has 2 aromatic carbocycles. The summed E-state index contributed by atoms with van der Waals surface area (Å²) in [6.45, 7) is 4.03. The predicted molar refractivity (Wildman–Crippen MR) is 101 cm³/mol. The van der Waals surface area contributed by atoms with Crippen molar-refractivity contribution in [2.45, 2.75) is 20.3 Å². The Labute approximate surface area is 149 Å². The van der Waals surface area contributed by atoms with Crippen LogP contribution in [0.4, 0.5) is 5.69 Å². The average Bonchev–Trinajstić information content (AvgIpc) is 2.55. The summed E-state index contributed by atoms with van der Waals surface area (Å²) in [5.41, 5.74) is 3.91. The predicted octanol–water partition coefficient (Wildman–Crippen LogP) is 2.75. The summed E-state index contributed by atoms with van der Waals surface area (Å²) in [7, 11) is -3.46. The quantitative estimate of drug-likeness (QED) is 0.826. The van der Waals surface area contributed by atoms with Crippen LogP contribution in [0.15, 0.2) is 48.5 Å². The fourth-order valence-corrected chi connectivity index (χ4v) is 3.22. The van der Waals surface area contributed by atoms with Crippen LogP contribution in [0.25, 0.3) is 0 Å². The van der Waals surface area contributed by atoms with Crippen molar-refractivity contribution < 1.29 is 13.2 Å². The number of rotatable bonds is 7. The van der Waals surface area contributed by atoms with E-state index in [0.717, 1.165) is 22.9 Å². The number of aryl methyl sites for hydroxylation is 2. The molecule has 0 unspecified atom stereocenters. The molecule has 1 N–H and O–H groups in total. The van der Waals surface area contributed by atoms with Crippen molar-refractivity contribution in [3.05, 3.63) is 65.2 Å². The van der Waals surface area contributed by atoms with Crippen molar-refractivity contribution in [2.75, 3.05) is 24.7 Å². The number of carbonyl (C=O) groups is 1. The van der Waals surface area contributed by atoms with Crippen LogP contribution in [0.5, 0.6) is 0 Å². The smallest absolute Gasteiger partial charge is 0.239 e. The van der Waals surface area contributed by atoms with E-state index in [0.29, 0.717) is 12.1 Å². The Kier molecular flexibility index (Phi) is 6.33. The van der Waals surface area contributed by atoms with E-state index in [2.05, 4.69) is 5.32 Å². The monoisotopic (exact) mass is 360 g/mol. The van der Waals surface area contributed by atoms with Crippen molar-refractivity contribution in [1.29, 1.82) is 0 Å². The van der Waals surface area contributed by atoms with Gasteiger partial charge in [0.2, 0.25) is 15.9 Å². The minimum Gasteiger partial charge on any atom is -0.325 e. The van der Waals surface area contributed by atoms with Gasteiger partial charge in [0.25, 0.3) is 0 Å². The number of hydrogen-bond donors (Lipinski definition) is 1. The maximum Gasteiger partial charge on any atom is 0.239 e. The molecule has 0 aliphatic rings. The molecule has 1 amide bonds. The third kappa shape index (κ3) is 5.99. The minimum atomic E-state index is -3.46. The number of benzene rings is 2. The van der Waals surface area contributed by atoms with E-state index in [-0.39, 0.29) is 19.0 Å². The fraction of sp³-hybridized carbons (Fsp3) is 0.316. The number of sulfonamides is 1. The highest BCUT2D eigenvalue weighted by Crippen LogP contribution is 2.14. The SMILES string of the molecule is Cc1ccc(NC(=O)CN(CCc2ccccc2)S(C)(=O)=O)cc1C. The van der Waals surface area contributed by atoms with E-state index < -0.39 is 10.0 Å². The fourth-order valence-electron chi connectivity index (χ4n) is 2.44. The summed E-state index contributed by atoms with van der Waals surface area (Å²) in [5, 5.41) is 2.77. The second-order valence-electron chi connectivity index (χ2n) is 6.18. The zero-order valence-electron chi connectivity index (χ0n) is 14.8. The normalized spacial score (nSPS) is 11.5. The standard InChI is InChI=1S/C19H24N2O3S/c1-15-9-10-18(13-16(15)2)20-19(22)14-21(25(3,23)24)12-11-17-7-5-4-6-8-17/h4-10,13H,11-12,14H2,1-3H3,(H,20,22). The van der Waals surface area contributed by atoms with E-state index >= 15 is 0 Å². The maximum absolute atomic E-state index is 12.3. The molecule has 0 radical (unpaired) electrons. The number of nitrogens with zero attached hydrogens (tertiary/aromatic N) is 1. The largest absolute Gasteiger partial charge is 0.325 e. The van der Waals surface area contributed by atoms with Crippen LogP contribution >= 0.6 is 0 Å². The molecule has 0 spiro atoms. The van der Waals surface area contributed by atoms with Crippen molar-refractivity contribution in [1.82, 2.24) is 4.31 Å². The Hall–Kier alpha value is -2.18. The maximum atomic E-state index is 12.3. The van der Waals surface area contributed by atoms with E-state index in [1.54, 1.807) is 0 Å². The molecule has 0 aliphatic carbocycles. The lowest BCUT2D eigenvalue weighted by Crippen LogP contribution is -2.38. The second kappa shape index (κ2) is 8.27. The van der Waals surface area contributed by atoms with Gasteiger partial charge in [0.1, 0.15) is 0 Å². The highest BCUT2D eigenvalue weighted by Gasteiger charge is 2.20. The Balaban J connectivity index is 2.01. The lowest BCUT2D eigenvalue weighted by molar-refractivity contribution is -0.116. The zero-order chi connectivity index (χ0) is 18.4. The van der Waals surface area contributed by atoms with Gasteiger partial charge in [0, 0.05) is 12.2 Å². The number of hydrogen-bond acceptors (Lipinski definition) is 3. The van der Waals surface area contributed by atoms with Crippen LogP contribution in [0.1, 0.15) is 16.7 Å². The summed E-state index contributed by atoms with van der Waals surface area (Å²) in [4.78, 5) is 12.3. The second-order valence-corrected chi connectivity index (χ2v) is 8.16. The van der Waals surface area contributed by atoms with Gasteiger partial charge in [0.15, 0.2) is 0 Å². The Morgan fingerprint density at radius 3 is 2.32 bits per heavy atom. The minimum absolute atomic E-state index is 0.196. The van der Waals surface area contributed by atoms with Crippen molar-refractivity contribution in [3.63, 3.8) is 0 Å². The Morgan fingerprint density at radius 1 is 1.04 bits per heavy atom. The van der Waals surface area contributed by atoms with Crippen molar-refractivity contribution in [2.24, 2.45) is 0 Å². The first-order valence-electron chi connectivity index (χ1n) is 8.12. The molecule has 0 saturated heterocycles. The summed E-state index contributed by atoms with van der Waals surface area (Å²) in [6.07, 6.45) is 1.69. The van der Waals surface area contributed by atoms with Crippen LogP contribution in [0, 0.1) is 13.8 Å². The number of nitrogens with one attached hydrogen (secondary N) is 1. The van der Waals surface area contributed by atoms with Crippen LogP contribution in [0.3, 0.4) is 0 Å². The average molecular weight is 360 g/mol. The van der Waals surface area contributed by atoms with Crippen molar-refractivity contribution in [3.8, 4) is 0 Å². The van der Waals surface area contributed by atoms with Crippen LogP contribution in [-0.4, -0.2) is 38.0 Å². The molecule has 0 aromatic heterocycles. The van der Waals surface area contributed by atoms with Crippen LogP contribution in [0.2, 0.25) is 0 Å². The Morgan fingerprint density at radius 2 is 1.72 bits per heavy atom. The molecule has 0 aliphatic heterocycles. The molecular formula is C19H24N2O3S. The molecule has 2 aromatic rings. The highest BCUT2D eigenvalue weighted by atomic mass is 32.2. The van der Waals surface area contributed by atoms with Gasteiger partial charge >= 0.3 is 0 Å². The van der Waals surface area contributed by atoms with E-state index in [4.69, 9.17) is 0 Å². The summed E-state index contributed by atoms with van der Waals surface area (Å²) in [5.74, 6) is -0.346. The Bertz CT molecular complexity index is 833. The lowest BCUT2D eigenvalue weighted by Gasteiger charge is -2.19. The van der Waals surface area contributed by atoms with Crippen LogP contribution in [-0.2, 0) is 21.2 Å². The third-order valence-electron chi connectivity index (χ3n) is 4.07. The molecule has 0 saturated carbocycles. The summed E-state index contributed by atoms with van der Waals surface area (Å²) < 4.78 is 25.2. The number of carbonyl (C=O) groups excluding carboxylic acids is 1. The molecule has 25 heavy (non-hydrogen) atoms. The molecule has 134 valence electrons. The summed E-state index contributed by atoms with van der Waals surface area (Å²) in [6, 6.07) is 15.2. The van der Waals surface area contributed by atoms with Gasteiger partial charge in [-0.2, -0.15) is 4.31 Å². The molecular weight excluding hydrogens is 336 g/mol. The number of anilines is 1. The highest BCUT2D eigenvalue weighted by molar-refractivity contribution is 7.88. The first-order valence-corrected chi connectivity index (χ1v) is 9.96. The molecule has 0 heterocycles. The molecule has 2 rings (SSSR count). The third-order valence-corrected chi connectivity index (χ3v) is 5.32. The first-order chi connectivity index (χ1) is 11.8. The number of amides is 1. The van der Waals surface area contributed by atoms with Gasteiger partial charge in [0.05, 0.1) is 12.8 Å². The van der Waals surface area contributed by atoms with Gasteiger partial charge in [-0.05, 0) is 49.1 Å². The van der Waals surface area contributed by atoms with Gasteiger partial charge in [-0.1, -0.05) is 36.4 Å². The van der Waals surface area contributed by atoms with E-state index in [9.17, 15) is 13.2 Å². The first kappa shape index (κ1) is 19.1. The van der Waals surface area contributed by atoms with Gasteiger partial charge < -0.3 is 5.32 Å². The lowest BCUT2D eigenvalue weighted by atomic mass is 10.1. The molecule has 5 nitrogen and oxygen atoms in total. The zero-order valence-corrected chi connectivity index (χ0v) is 15.6. The van der Waals surface area contributed by atoms with Gasteiger partial charge in [-0.15, -0.1) is 0 Å². The van der Waals surface area contributed by atoms with Gasteiger partial charge in [-0.3, -0.25) is 4.79 Å². The summed E-state index contributed by atoms with van der Waals surface area (Å²) >= 11 is 0. The molecule has 0 bridgehead atoms. The molecule has 0 atom stereocenters. The van der Waals surface area contributed by atoms with Crippen LogP contribution < -0.4 is 5.32 Å². The van der Waals surface area contributed by atoms with E-state index in [1.165, 1.54) is 4.31 Å². The molecule has 0 fully saturated rings.